The second-order valence-corrected chi connectivity index (χ2v) is 6.09. The smallest absolute Gasteiger partial charge is 0.0545 e. The first-order valence-corrected chi connectivity index (χ1v) is 7.48. The van der Waals surface area contributed by atoms with Gasteiger partial charge in [0, 0.05) is 32.9 Å². The lowest BCUT2D eigenvalue weighted by Gasteiger charge is -2.19. The zero-order chi connectivity index (χ0) is 13.1. The van der Waals surface area contributed by atoms with Crippen LogP contribution < -0.4 is 5.32 Å². The number of rotatable bonds is 4. The fraction of sp³-hybridized carbons (Fsp3) is 0.231. The van der Waals surface area contributed by atoms with Gasteiger partial charge in [-0.1, -0.05) is 40.9 Å². The largest absolute Gasteiger partial charge is 0.313 e. The Morgan fingerprint density at radius 2 is 1.78 bits per heavy atom. The third kappa shape index (κ3) is 3.01. The average Bonchev–Trinajstić information content (AvgIpc) is 2.73. The van der Waals surface area contributed by atoms with Gasteiger partial charge in [0.25, 0.3) is 0 Å². The van der Waals surface area contributed by atoms with Gasteiger partial charge in [-0.25, -0.2) is 0 Å². The first-order valence-electron chi connectivity index (χ1n) is 5.46. The number of benzene rings is 1. The summed E-state index contributed by atoms with van der Waals surface area (Å²) in [5, 5.41) is 7.38. The lowest BCUT2D eigenvalue weighted by molar-refractivity contribution is 0.597. The van der Waals surface area contributed by atoms with E-state index in [9.17, 15) is 0 Å². The van der Waals surface area contributed by atoms with Crippen molar-refractivity contribution < 1.29 is 0 Å². The lowest BCUT2D eigenvalue weighted by Crippen LogP contribution is -2.19. The van der Waals surface area contributed by atoms with Crippen LogP contribution in [0.25, 0.3) is 0 Å². The molecule has 0 saturated heterocycles. The van der Waals surface area contributed by atoms with E-state index in [-0.39, 0.29) is 6.04 Å². The molecule has 1 N–H and O–H groups in total. The molecule has 1 atom stereocenters. The molecule has 18 heavy (non-hydrogen) atoms. The van der Waals surface area contributed by atoms with Gasteiger partial charge in [-0.05, 0) is 30.6 Å². The van der Waals surface area contributed by atoms with Crippen molar-refractivity contribution >= 4 is 46.1 Å². The van der Waals surface area contributed by atoms with E-state index in [0.717, 1.165) is 21.9 Å². The summed E-state index contributed by atoms with van der Waals surface area (Å²) >= 11 is 20.2. The van der Waals surface area contributed by atoms with Gasteiger partial charge in [-0.15, -0.1) is 11.3 Å². The van der Waals surface area contributed by atoms with E-state index in [1.165, 1.54) is 0 Å². The van der Waals surface area contributed by atoms with Crippen LogP contribution in [0.2, 0.25) is 15.1 Å². The summed E-state index contributed by atoms with van der Waals surface area (Å²) in [5.74, 6) is 0. The van der Waals surface area contributed by atoms with E-state index in [1.807, 2.05) is 36.7 Å². The van der Waals surface area contributed by atoms with Crippen molar-refractivity contribution in [3.05, 3.63) is 55.2 Å². The third-order valence-corrected chi connectivity index (χ3v) is 4.85. The third-order valence-electron chi connectivity index (χ3n) is 2.78. The molecular weight excluding hydrogens is 309 g/mol. The normalized spacial score (nSPS) is 12.7. The van der Waals surface area contributed by atoms with Gasteiger partial charge in [0.1, 0.15) is 0 Å². The molecular formula is C13H12Cl3NS. The van der Waals surface area contributed by atoms with Crippen LogP contribution in [-0.2, 0) is 6.42 Å². The van der Waals surface area contributed by atoms with Gasteiger partial charge in [0.05, 0.1) is 5.02 Å². The Balaban J connectivity index is 2.32. The summed E-state index contributed by atoms with van der Waals surface area (Å²) in [6.07, 6.45) is 0.774. The zero-order valence-electron chi connectivity index (χ0n) is 9.71. The summed E-state index contributed by atoms with van der Waals surface area (Å²) < 4.78 is 0. The van der Waals surface area contributed by atoms with Crippen LogP contribution in [0.1, 0.15) is 16.5 Å². The molecule has 0 fully saturated rings. The Bertz CT molecular complexity index is 519. The molecule has 2 aromatic rings. The van der Waals surface area contributed by atoms with Gasteiger partial charge >= 0.3 is 0 Å². The Morgan fingerprint density at radius 3 is 2.28 bits per heavy atom. The second-order valence-electron chi connectivity index (χ2n) is 3.87. The molecule has 1 aromatic heterocycles. The molecule has 5 heteroatoms. The molecule has 0 amide bonds. The van der Waals surface area contributed by atoms with Crippen LogP contribution in [0.15, 0.2) is 29.6 Å². The molecule has 1 heterocycles. The number of likely N-dealkylation sites (N-methyl/N-ethyl adjacent to an activating group) is 1. The first-order chi connectivity index (χ1) is 8.63. The summed E-state index contributed by atoms with van der Waals surface area (Å²) in [6.45, 7) is 0. The maximum absolute atomic E-state index is 6.23. The predicted molar refractivity (Wildman–Crippen MR) is 81.3 cm³/mol. The highest BCUT2D eigenvalue weighted by Gasteiger charge is 2.18. The highest BCUT2D eigenvalue weighted by Crippen LogP contribution is 2.34. The highest BCUT2D eigenvalue weighted by atomic mass is 35.5. The van der Waals surface area contributed by atoms with Crippen molar-refractivity contribution in [2.24, 2.45) is 0 Å². The minimum atomic E-state index is 0.0577. The SMILES string of the molecule is CNC(Cc1sccc1Cl)c1c(Cl)cccc1Cl. The Morgan fingerprint density at radius 1 is 1.11 bits per heavy atom. The first kappa shape index (κ1) is 14.2. The number of halogens is 3. The van der Waals surface area contributed by atoms with Gasteiger partial charge in [-0.3, -0.25) is 0 Å². The number of hydrogen-bond donors (Lipinski definition) is 1. The Labute approximate surface area is 126 Å². The molecule has 1 unspecified atom stereocenters. The van der Waals surface area contributed by atoms with E-state index < -0.39 is 0 Å². The van der Waals surface area contributed by atoms with E-state index in [2.05, 4.69) is 5.32 Å². The molecule has 1 nitrogen and oxygen atoms in total. The average molecular weight is 321 g/mol. The molecule has 0 aliphatic heterocycles. The van der Waals surface area contributed by atoms with Crippen molar-refractivity contribution in [1.82, 2.24) is 5.32 Å². The molecule has 0 aliphatic rings. The van der Waals surface area contributed by atoms with Crippen molar-refractivity contribution in [3.63, 3.8) is 0 Å². The fourth-order valence-corrected chi connectivity index (χ4v) is 3.67. The monoisotopic (exact) mass is 319 g/mol. The van der Waals surface area contributed by atoms with Crippen molar-refractivity contribution in [3.8, 4) is 0 Å². The zero-order valence-corrected chi connectivity index (χ0v) is 12.8. The molecule has 0 radical (unpaired) electrons. The summed E-state index contributed by atoms with van der Waals surface area (Å²) in [5.41, 5.74) is 0.924. The van der Waals surface area contributed by atoms with Crippen molar-refractivity contribution in [2.75, 3.05) is 7.05 Å². The summed E-state index contributed by atoms with van der Waals surface area (Å²) in [7, 11) is 1.89. The van der Waals surface area contributed by atoms with Gasteiger partial charge in [0.15, 0.2) is 0 Å². The van der Waals surface area contributed by atoms with Crippen molar-refractivity contribution in [1.29, 1.82) is 0 Å². The van der Waals surface area contributed by atoms with Crippen LogP contribution in [-0.4, -0.2) is 7.05 Å². The molecule has 1 aromatic carbocycles. The van der Waals surface area contributed by atoms with Gasteiger partial charge in [-0.2, -0.15) is 0 Å². The van der Waals surface area contributed by atoms with Crippen LogP contribution in [0.3, 0.4) is 0 Å². The highest BCUT2D eigenvalue weighted by molar-refractivity contribution is 7.10. The minimum absolute atomic E-state index is 0.0577. The number of thiophene rings is 1. The van der Waals surface area contributed by atoms with E-state index in [1.54, 1.807) is 11.3 Å². The minimum Gasteiger partial charge on any atom is -0.313 e. The molecule has 0 saturated carbocycles. The molecule has 2 rings (SSSR count). The quantitative estimate of drug-likeness (QED) is 0.815. The standard InChI is InChI=1S/C13H12Cl3NS/c1-17-11(7-12-8(14)5-6-18-12)13-9(15)3-2-4-10(13)16/h2-6,11,17H,7H2,1H3. The van der Waals surface area contributed by atoms with Crippen LogP contribution in [0.4, 0.5) is 0 Å². The van der Waals surface area contributed by atoms with Gasteiger partial charge in [0.2, 0.25) is 0 Å². The van der Waals surface area contributed by atoms with Crippen molar-refractivity contribution in [2.45, 2.75) is 12.5 Å². The Kier molecular flexibility index (Phi) is 4.93. The maximum atomic E-state index is 6.23. The van der Waals surface area contributed by atoms with Crippen LogP contribution in [0.5, 0.6) is 0 Å². The predicted octanol–water partition coefficient (Wildman–Crippen LogP) is 5.21. The Hall–Kier alpha value is -0.250. The second kappa shape index (κ2) is 6.27. The maximum Gasteiger partial charge on any atom is 0.0545 e. The fourth-order valence-electron chi connectivity index (χ4n) is 1.85. The summed E-state index contributed by atoms with van der Waals surface area (Å²) in [6, 6.07) is 7.51. The molecule has 0 bridgehead atoms. The number of nitrogens with one attached hydrogen (secondary N) is 1. The van der Waals surface area contributed by atoms with Crippen LogP contribution in [0, 0.1) is 0 Å². The molecule has 0 spiro atoms. The lowest BCUT2D eigenvalue weighted by atomic mass is 10.0. The number of hydrogen-bond acceptors (Lipinski definition) is 2. The molecule has 0 aliphatic carbocycles. The van der Waals surface area contributed by atoms with Crippen LogP contribution >= 0.6 is 46.1 Å². The van der Waals surface area contributed by atoms with E-state index >= 15 is 0 Å². The molecule has 96 valence electrons. The topological polar surface area (TPSA) is 12.0 Å². The van der Waals surface area contributed by atoms with E-state index in [4.69, 9.17) is 34.8 Å². The summed E-state index contributed by atoms with van der Waals surface area (Å²) in [4.78, 5) is 1.13. The van der Waals surface area contributed by atoms with E-state index in [0.29, 0.717) is 10.0 Å². The van der Waals surface area contributed by atoms with Gasteiger partial charge < -0.3 is 5.32 Å².